The van der Waals surface area contributed by atoms with E-state index >= 15 is 0 Å². The molecule has 2 atom stereocenters. The molecule has 0 fully saturated rings. The first-order valence-corrected chi connectivity index (χ1v) is 5.80. The van der Waals surface area contributed by atoms with E-state index in [4.69, 9.17) is 10.8 Å². The quantitative estimate of drug-likeness (QED) is 0.623. The maximum absolute atomic E-state index is 8.85. The minimum absolute atomic E-state index is 0.113. The normalized spacial score (nSPS) is 15.0. The Kier molecular flexibility index (Phi) is 5.45. The van der Waals surface area contributed by atoms with Crippen LogP contribution in [0.2, 0.25) is 0 Å². The maximum Gasteiger partial charge on any atom is 0.0538 e. The number of aromatic nitrogens is 2. The number of nitrogens with one attached hydrogen (secondary N) is 1. The average Bonchev–Trinajstić information content (AvgIpc) is 2.74. The van der Waals surface area contributed by atoms with Gasteiger partial charge >= 0.3 is 0 Å². The number of aryl methyl sites for hydroxylation is 1. The Morgan fingerprint density at radius 3 is 2.88 bits per heavy atom. The van der Waals surface area contributed by atoms with Gasteiger partial charge in [0.2, 0.25) is 0 Å². The van der Waals surface area contributed by atoms with Gasteiger partial charge in [0, 0.05) is 43.5 Å². The van der Waals surface area contributed by atoms with Crippen LogP contribution in [-0.4, -0.2) is 34.1 Å². The van der Waals surface area contributed by atoms with Crippen LogP contribution in [-0.2, 0) is 6.54 Å². The highest BCUT2D eigenvalue weighted by Crippen LogP contribution is 2.12. The van der Waals surface area contributed by atoms with E-state index in [1.165, 1.54) is 0 Å². The summed E-state index contributed by atoms with van der Waals surface area (Å²) >= 11 is 0. The van der Waals surface area contributed by atoms with Crippen molar-refractivity contribution in [2.24, 2.45) is 5.73 Å². The monoisotopic (exact) mass is 226 g/mol. The van der Waals surface area contributed by atoms with E-state index in [1.807, 2.05) is 24.0 Å². The molecule has 0 radical (unpaired) electrons. The second kappa shape index (κ2) is 6.62. The Bertz CT molecular complexity index is 300. The van der Waals surface area contributed by atoms with Gasteiger partial charge in [0.05, 0.1) is 6.20 Å². The summed E-state index contributed by atoms with van der Waals surface area (Å²) in [6.45, 7) is 5.69. The van der Waals surface area contributed by atoms with Gasteiger partial charge in [-0.3, -0.25) is 4.68 Å². The lowest BCUT2D eigenvalue weighted by Crippen LogP contribution is -2.35. The molecular formula is C11H22N4O. The van der Waals surface area contributed by atoms with Crippen LogP contribution < -0.4 is 11.1 Å². The summed E-state index contributed by atoms with van der Waals surface area (Å²) in [6, 6.07) is 0.366. The topological polar surface area (TPSA) is 76.1 Å². The second-order valence-electron chi connectivity index (χ2n) is 4.00. The van der Waals surface area contributed by atoms with Gasteiger partial charge in [-0.15, -0.1) is 0 Å². The highest BCUT2D eigenvalue weighted by molar-refractivity contribution is 5.11. The van der Waals surface area contributed by atoms with Crippen LogP contribution in [0.4, 0.5) is 0 Å². The number of nitrogens with zero attached hydrogens (tertiary/aromatic N) is 2. The Hall–Kier alpha value is -0.910. The van der Waals surface area contributed by atoms with Crippen molar-refractivity contribution < 1.29 is 5.11 Å². The molecule has 1 aromatic heterocycles. The van der Waals surface area contributed by atoms with Crippen LogP contribution in [0, 0.1) is 0 Å². The van der Waals surface area contributed by atoms with Gasteiger partial charge in [-0.25, -0.2) is 0 Å². The highest BCUT2D eigenvalue weighted by Gasteiger charge is 2.14. The first kappa shape index (κ1) is 13.2. The fourth-order valence-electron chi connectivity index (χ4n) is 1.65. The van der Waals surface area contributed by atoms with E-state index in [9.17, 15) is 0 Å². The zero-order chi connectivity index (χ0) is 12.0. The number of rotatable bonds is 7. The minimum atomic E-state index is 0.113. The van der Waals surface area contributed by atoms with Crippen molar-refractivity contribution in [3.05, 3.63) is 18.0 Å². The summed E-state index contributed by atoms with van der Waals surface area (Å²) in [6.07, 6.45) is 4.59. The SMILES string of the molecule is CCn1cc(C(CN)NC(C)CCO)cn1. The first-order chi connectivity index (χ1) is 7.71. The summed E-state index contributed by atoms with van der Waals surface area (Å²) in [4.78, 5) is 0. The van der Waals surface area contributed by atoms with Crippen molar-refractivity contribution in [2.45, 2.75) is 38.9 Å². The fourth-order valence-corrected chi connectivity index (χ4v) is 1.65. The summed E-state index contributed by atoms with van der Waals surface area (Å²) in [5.74, 6) is 0. The van der Waals surface area contributed by atoms with Crippen molar-refractivity contribution in [1.29, 1.82) is 0 Å². The first-order valence-electron chi connectivity index (χ1n) is 5.80. The van der Waals surface area contributed by atoms with E-state index < -0.39 is 0 Å². The molecule has 1 rings (SSSR count). The van der Waals surface area contributed by atoms with Gasteiger partial charge in [-0.1, -0.05) is 0 Å². The fraction of sp³-hybridized carbons (Fsp3) is 0.727. The molecule has 2 unspecified atom stereocenters. The van der Waals surface area contributed by atoms with Crippen LogP contribution in [0.25, 0.3) is 0 Å². The van der Waals surface area contributed by atoms with Crippen molar-refractivity contribution in [3.63, 3.8) is 0 Å². The molecule has 0 aliphatic rings. The van der Waals surface area contributed by atoms with Crippen molar-refractivity contribution in [2.75, 3.05) is 13.2 Å². The van der Waals surface area contributed by atoms with Gasteiger partial charge in [0.1, 0.15) is 0 Å². The molecule has 5 nitrogen and oxygen atoms in total. The molecule has 0 spiro atoms. The summed E-state index contributed by atoms with van der Waals surface area (Å²) < 4.78 is 1.89. The molecule has 0 bridgehead atoms. The molecular weight excluding hydrogens is 204 g/mol. The summed E-state index contributed by atoms with van der Waals surface area (Å²) in [5.41, 5.74) is 6.84. The maximum atomic E-state index is 8.85. The molecule has 0 amide bonds. The van der Waals surface area contributed by atoms with Crippen LogP contribution in [0.15, 0.2) is 12.4 Å². The van der Waals surface area contributed by atoms with Crippen molar-refractivity contribution in [3.8, 4) is 0 Å². The van der Waals surface area contributed by atoms with E-state index in [0.717, 1.165) is 18.5 Å². The number of hydrogen-bond acceptors (Lipinski definition) is 4. The predicted octanol–water partition coefficient (Wildman–Crippen LogP) is 0.263. The van der Waals surface area contributed by atoms with Crippen molar-refractivity contribution in [1.82, 2.24) is 15.1 Å². The lowest BCUT2D eigenvalue weighted by molar-refractivity contribution is 0.263. The Balaban J connectivity index is 2.59. The van der Waals surface area contributed by atoms with Crippen LogP contribution >= 0.6 is 0 Å². The van der Waals surface area contributed by atoms with E-state index in [-0.39, 0.29) is 18.7 Å². The molecule has 0 aliphatic carbocycles. The molecule has 5 heteroatoms. The van der Waals surface area contributed by atoms with Crippen LogP contribution in [0.1, 0.15) is 31.9 Å². The average molecular weight is 226 g/mol. The third-order valence-corrected chi connectivity index (χ3v) is 2.66. The molecule has 0 saturated carbocycles. The molecule has 0 aromatic carbocycles. The molecule has 1 aromatic rings. The molecule has 92 valence electrons. The van der Waals surface area contributed by atoms with E-state index in [0.29, 0.717) is 6.54 Å². The number of nitrogens with two attached hydrogens (primary N) is 1. The number of aliphatic hydroxyl groups is 1. The molecule has 16 heavy (non-hydrogen) atoms. The van der Waals surface area contributed by atoms with E-state index in [1.54, 1.807) is 0 Å². The van der Waals surface area contributed by atoms with Crippen LogP contribution in [0.5, 0.6) is 0 Å². The predicted molar refractivity (Wildman–Crippen MR) is 64.0 cm³/mol. The molecule has 0 saturated heterocycles. The zero-order valence-electron chi connectivity index (χ0n) is 10.1. The summed E-state index contributed by atoms with van der Waals surface area (Å²) in [5, 5.41) is 16.5. The Morgan fingerprint density at radius 2 is 2.38 bits per heavy atom. The van der Waals surface area contributed by atoms with Gasteiger partial charge in [-0.2, -0.15) is 5.10 Å². The van der Waals surface area contributed by atoms with Gasteiger partial charge in [0.15, 0.2) is 0 Å². The zero-order valence-corrected chi connectivity index (χ0v) is 10.1. The smallest absolute Gasteiger partial charge is 0.0538 e. The Labute approximate surface area is 96.6 Å². The van der Waals surface area contributed by atoms with Gasteiger partial charge in [0.25, 0.3) is 0 Å². The van der Waals surface area contributed by atoms with E-state index in [2.05, 4.69) is 17.3 Å². The summed E-state index contributed by atoms with van der Waals surface area (Å²) in [7, 11) is 0. The molecule has 1 heterocycles. The largest absolute Gasteiger partial charge is 0.396 e. The third-order valence-electron chi connectivity index (χ3n) is 2.66. The lowest BCUT2D eigenvalue weighted by atomic mass is 10.1. The second-order valence-corrected chi connectivity index (χ2v) is 4.00. The molecule has 4 N–H and O–H groups in total. The lowest BCUT2D eigenvalue weighted by Gasteiger charge is -2.20. The number of hydrogen-bond donors (Lipinski definition) is 3. The van der Waals surface area contributed by atoms with Gasteiger partial charge in [-0.05, 0) is 20.3 Å². The molecule has 0 aliphatic heterocycles. The van der Waals surface area contributed by atoms with Gasteiger partial charge < -0.3 is 16.2 Å². The third kappa shape index (κ3) is 3.59. The number of aliphatic hydroxyl groups excluding tert-OH is 1. The minimum Gasteiger partial charge on any atom is -0.396 e. The Morgan fingerprint density at radius 1 is 1.62 bits per heavy atom. The standard InChI is InChI=1S/C11H22N4O/c1-3-15-8-10(7-13-15)11(6-12)14-9(2)4-5-16/h7-9,11,14,16H,3-6,12H2,1-2H3. The van der Waals surface area contributed by atoms with Crippen LogP contribution in [0.3, 0.4) is 0 Å². The van der Waals surface area contributed by atoms with Crippen molar-refractivity contribution >= 4 is 0 Å². The highest BCUT2D eigenvalue weighted by atomic mass is 16.3.